The zero-order chi connectivity index (χ0) is 8.10. The molecule has 0 amide bonds. The van der Waals surface area contributed by atoms with E-state index >= 15 is 0 Å². The number of nitrogens with zero attached hydrogens (tertiary/aromatic N) is 2. The minimum absolute atomic E-state index is 0.897. The predicted octanol–water partition coefficient (Wildman–Crippen LogP) is 0.771. The minimum Gasteiger partial charge on any atom is -0.301 e. The van der Waals surface area contributed by atoms with Gasteiger partial charge in [-0.3, -0.25) is 5.10 Å². The summed E-state index contributed by atoms with van der Waals surface area (Å²) in [4.78, 5) is 2.21. The maximum absolute atomic E-state index is 4.15. The number of hydrogen-bond donors (Lipinski definition) is 2. The number of nitrogens with one attached hydrogen (secondary N) is 1. The summed E-state index contributed by atoms with van der Waals surface area (Å²) in [5, 5.41) is 6.65. The molecule has 0 aliphatic carbocycles. The van der Waals surface area contributed by atoms with Crippen LogP contribution >= 0.6 is 12.6 Å². The molecule has 11 heavy (non-hydrogen) atoms. The number of hydrogen-bond acceptors (Lipinski definition) is 3. The fourth-order valence-corrected chi connectivity index (χ4v) is 1.27. The molecule has 0 aromatic carbocycles. The molecule has 1 N–H and O–H groups in total. The number of thiol groups is 1. The molecule has 0 unspecified atom stereocenters. The standard InChI is InChI=1S/C7H13N3S/c1-10(2-3-11)6-7-4-8-9-5-7/h4-5,11H,2-3,6H2,1H3,(H,8,9). The van der Waals surface area contributed by atoms with Gasteiger partial charge in [0.2, 0.25) is 0 Å². The van der Waals surface area contributed by atoms with Gasteiger partial charge in [0.1, 0.15) is 0 Å². The predicted molar refractivity (Wildman–Crippen MR) is 48.8 cm³/mol. The van der Waals surface area contributed by atoms with E-state index in [0.717, 1.165) is 18.8 Å². The van der Waals surface area contributed by atoms with Crippen LogP contribution in [0.5, 0.6) is 0 Å². The average molecular weight is 171 g/mol. The van der Waals surface area contributed by atoms with Crippen molar-refractivity contribution >= 4 is 12.6 Å². The maximum atomic E-state index is 4.15. The van der Waals surface area contributed by atoms with Gasteiger partial charge in [-0.2, -0.15) is 17.7 Å². The monoisotopic (exact) mass is 171 g/mol. The van der Waals surface area contributed by atoms with Crippen LogP contribution in [-0.4, -0.2) is 34.4 Å². The third-order valence-corrected chi connectivity index (χ3v) is 1.69. The summed E-state index contributed by atoms with van der Waals surface area (Å²) in [5.74, 6) is 0.897. The van der Waals surface area contributed by atoms with Crippen LogP contribution < -0.4 is 0 Å². The molecule has 0 radical (unpaired) electrons. The lowest BCUT2D eigenvalue weighted by molar-refractivity contribution is 0.349. The van der Waals surface area contributed by atoms with Crippen molar-refractivity contribution in [3.05, 3.63) is 18.0 Å². The Balaban J connectivity index is 2.31. The first-order valence-corrected chi connectivity index (χ1v) is 4.23. The van der Waals surface area contributed by atoms with E-state index < -0.39 is 0 Å². The lowest BCUT2D eigenvalue weighted by Crippen LogP contribution is -2.19. The molecule has 0 saturated carbocycles. The van der Waals surface area contributed by atoms with E-state index in [9.17, 15) is 0 Å². The fourth-order valence-electron chi connectivity index (χ4n) is 0.926. The largest absolute Gasteiger partial charge is 0.301 e. The van der Waals surface area contributed by atoms with Crippen molar-refractivity contribution in [1.82, 2.24) is 15.1 Å². The zero-order valence-electron chi connectivity index (χ0n) is 6.62. The quantitative estimate of drug-likeness (QED) is 0.656. The Bertz CT molecular complexity index is 186. The van der Waals surface area contributed by atoms with Crippen molar-refractivity contribution in [3.8, 4) is 0 Å². The zero-order valence-corrected chi connectivity index (χ0v) is 7.51. The molecule has 0 spiro atoms. The van der Waals surface area contributed by atoms with E-state index in [2.05, 4.69) is 34.8 Å². The van der Waals surface area contributed by atoms with Gasteiger partial charge in [-0.05, 0) is 7.05 Å². The molecule has 1 aromatic rings. The highest BCUT2D eigenvalue weighted by molar-refractivity contribution is 7.80. The van der Waals surface area contributed by atoms with Gasteiger partial charge >= 0.3 is 0 Å². The Kier molecular flexibility index (Phi) is 3.45. The molecule has 0 aliphatic heterocycles. The summed E-state index contributed by atoms with van der Waals surface area (Å²) in [5.41, 5.74) is 1.22. The van der Waals surface area contributed by atoms with Gasteiger partial charge in [0.15, 0.2) is 0 Å². The summed E-state index contributed by atoms with van der Waals surface area (Å²) in [6.45, 7) is 1.95. The molecule has 4 heteroatoms. The second-order valence-electron chi connectivity index (χ2n) is 2.57. The molecular formula is C7H13N3S. The minimum atomic E-state index is 0.897. The number of H-pyrrole nitrogens is 1. The molecule has 0 fully saturated rings. The lowest BCUT2D eigenvalue weighted by atomic mass is 10.3. The average Bonchev–Trinajstić information content (AvgIpc) is 2.40. The first-order chi connectivity index (χ1) is 5.33. The van der Waals surface area contributed by atoms with Crippen molar-refractivity contribution in [3.63, 3.8) is 0 Å². The molecule has 1 rings (SSSR count). The number of aromatic nitrogens is 2. The summed E-state index contributed by atoms with van der Waals surface area (Å²) in [6.07, 6.45) is 3.75. The van der Waals surface area contributed by atoms with Crippen LogP contribution in [0.15, 0.2) is 12.4 Å². The smallest absolute Gasteiger partial charge is 0.0532 e. The topological polar surface area (TPSA) is 31.9 Å². The van der Waals surface area contributed by atoms with Crippen LogP contribution in [0, 0.1) is 0 Å². The summed E-state index contributed by atoms with van der Waals surface area (Å²) < 4.78 is 0. The molecule has 3 nitrogen and oxygen atoms in total. The molecule has 0 atom stereocenters. The highest BCUT2D eigenvalue weighted by Gasteiger charge is 1.98. The molecule has 62 valence electrons. The molecule has 0 bridgehead atoms. The Hall–Kier alpha value is -0.480. The summed E-state index contributed by atoms with van der Waals surface area (Å²) in [7, 11) is 2.07. The Morgan fingerprint density at radius 3 is 3.09 bits per heavy atom. The van der Waals surface area contributed by atoms with Gasteiger partial charge in [-0.25, -0.2) is 0 Å². The first-order valence-electron chi connectivity index (χ1n) is 3.60. The van der Waals surface area contributed by atoms with E-state index in [1.54, 1.807) is 0 Å². The molecular weight excluding hydrogens is 158 g/mol. The van der Waals surface area contributed by atoms with Gasteiger partial charge in [-0.15, -0.1) is 0 Å². The fraction of sp³-hybridized carbons (Fsp3) is 0.571. The Labute approximate surface area is 72.2 Å². The van der Waals surface area contributed by atoms with Crippen LogP contribution in [0.1, 0.15) is 5.56 Å². The van der Waals surface area contributed by atoms with Gasteiger partial charge in [0.25, 0.3) is 0 Å². The van der Waals surface area contributed by atoms with Crippen molar-refractivity contribution in [2.45, 2.75) is 6.54 Å². The third kappa shape index (κ3) is 2.95. The summed E-state index contributed by atoms with van der Waals surface area (Å²) in [6, 6.07) is 0. The second kappa shape index (κ2) is 4.41. The van der Waals surface area contributed by atoms with E-state index in [0.29, 0.717) is 0 Å². The SMILES string of the molecule is CN(CCS)Cc1cn[nH]c1. The highest BCUT2D eigenvalue weighted by Crippen LogP contribution is 1.98. The van der Waals surface area contributed by atoms with E-state index in [4.69, 9.17) is 0 Å². The number of rotatable bonds is 4. The van der Waals surface area contributed by atoms with E-state index in [1.807, 2.05) is 12.4 Å². The molecule has 1 aromatic heterocycles. The van der Waals surface area contributed by atoms with Crippen LogP contribution in [0.4, 0.5) is 0 Å². The Morgan fingerprint density at radius 2 is 2.55 bits per heavy atom. The molecule has 0 saturated heterocycles. The highest BCUT2D eigenvalue weighted by atomic mass is 32.1. The van der Waals surface area contributed by atoms with E-state index in [1.165, 1.54) is 5.56 Å². The van der Waals surface area contributed by atoms with Crippen LogP contribution in [0.25, 0.3) is 0 Å². The summed E-state index contributed by atoms with van der Waals surface area (Å²) >= 11 is 4.15. The van der Waals surface area contributed by atoms with Gasteiger partial charge in [-0.1, -0.05) is 0 Å². The van der Waals surface area contributed by atoms with Crippen molar-refractivity contribution in [2.75, 3.05) is 19.3 Å². The van der Waals surface area contributed by atoms with Crippen LogP contribution in [-0.2, 0) is 6.54 Å². The lowest BCUT2D eigenvalue weighted by Gasteiger charge is -2.12. The normalized spacial score (nSPS) is 10.8. The third-order valence-electron chi connectivity index (χ3n) is 1.49. The van der Waals surface area contributed by atoms with Gasteiger partial charge in [0.05, 0.1) is 6.20 Å². The van der Waals surface area contributed by atoms with Crippen molar-refractivity contribution in [2.24, 2.45) is 0 Å². The molecule has 1 heterocycles. The van der Waals surface area contributed by atoms with Crippen LogP contribution in [0.2, 0.25) is 0 Å². The maximum Gasteiger partial charge on any atom is 0.0532 e. The van der Waals surface area contributed by atoms with Gasteiger partial charge < -0.3 is 4.90 Å². The first kappa shape index (κ1) is 8.62. The molecule has 0 aliphatic rings. The Morgan fingerprint density at radius 1 is 1.73 bits per heavy atom. The number of aromatic amines is 1. The van der Waals surface area contributed by atoms with Crippen molar-refractivity contribution < 1.29 is 0 Å². The second-order valence-corrected chi connectivity index (χ2v) is 3.02. The van der Waals surface area contributed by atoms with E-state index in [-0.39, 0.29) is 0 Å². The van der Waals surface area contributed by atoms with Crippen LogP contribution in [0.3, 0.4) is 0 Å². The van der Waals surface area contributed by atoms with Crippen molar-refractivity contribution in [1.29, 1.82) is 0 Å². The van der Waals surface area contributed by atoms with Gasteiger partial charge in [0, 0.05) is 30.6 Å².